The molecule has 0 amide bonds. The number of nitrogens with one attached hydrogen (secondary N) is 1. The summed E-state index contributed by atoms with van der Waals surface area (Å²) >= 11 is 0. The molecule has 0 aliphatic rings. The van der Waals surface area contributed by atoms with Crippen LogP contribution in [-0.4, -0.2) is 40.6 Å². The Morgan fingerprint density at radius 3 is 2.68 bits per heavy atom. The van der Waals surface area contributed by atoms with Crippen LogP contribution in [-0.2, 0) is 17.7 Å². The molecule has 0 fully saturated rings. The van der Waals surface area contributed by atoms with Crippen molar-refractivity contribution in [3.05, 3.63) is 12.2 Å². The molecule has 19 heavy (non-hydrogen) atoms. The van der Waals surface area contributed by atoms with Crippen molar-refractivity contribution < 1.29 is 4.74 Å². The first-order chi connectivity index (χ1) is 9.26. The molecule has 1 heterocycles. The summed E-state index contributed by atoms with van der Waals surface area (Å²) in [7, 11) is 1.79. The van der Waals surface area contributed by atoms with Gasteiger partial charge in [-0.25, -0.2) is 4.98 Å². The number of nitrogens with zero attached hydrogens (tertiary/aromatic N) is 3. The summed E-state index contributed by atoms with van der Waals surface area (Å²) in [5, 5.41) is 7.81. The largest absolute Gasteiger partial charge is 0.380 e. The van der Waals surface area contributed by atoms with E-state index < -0.39 is 0 Å². The molecule has 0 saturated heterocycles. The van der Waals surface area contributed by atoms with Crippen molar-refractivity contribution in [2.24, 2.45) is 0 Å². The van der Waals surface area contributed by atoms with Crippen LogP contribution in [0.1, 0.15) is 45.9 Å². The van der Waals surface area contributed by atoms with E-state index in [4.69, 9.17) is 4.74 Å². The van der Waals surface area contributed by atoms with E-state index in [0.717, 1.165) is 44.6 Å². The summed E-state index contributed by atoms with van der Waals surface area (Å²) in [6, 6.07) is 0.301. The molecule has 1 aromatic heterocycles. The molecule has 110 valence electrons. The minimum atomic E-state index is 0.233. The van der Waals surface area contributed by atoms with Crippen LogP contribution in [0.3, 0.4) is 0 Å². The average molecular weight is 268 g/mol. The van der Waals surface area contributed by atoms with Crippen molar-refractivity contribution in [2.45, 2.75) is 65.1 Å². The zero-order valence-electron chi connectivity index (χ0n) is 12.7. The quantitative estimate of drug-likeness (QED) is 0.705. The minimum absolute atomic E-state index is 0.233. The normalized spacial score (nSPS) is 14.5. The Morgan fingerprint density at radius 1 is 1.32 bits per heavy atom. The van der Waals surface area contributed by atoms with Gasteiger partial charge < -0.3 is 10.1 Å². The molecule has 0 aliphatic carbocycles. The fourth-order valence-corrected chi connectivity index (χ4v) is 2.41. The van der Waals surface area contributed by atoms with Gasteiger partial charge in [-0.3, -0.25) is 4.68 Å². The molecule has 0 saturated carbocycles. The van der Waals surface area contributed by atoms with Crippen molar-refractivity contribution in [1.82, 2.24) is 20.1 Å². The number of hydrogen-bond acceptors (Lipinski definition) is 4. The van der Waals surface area contributed by atoms with Gasteiger partial charge in [-0.05, 0) is 19.4 Å². The Bertz CT molecular complexity index is 340. The second kappa shape index (κ2) is 9.04. The number of aromatic nitrogens is 3. The van der Waals surface area contributed by atoms with E-state index in [1.807, 2.05) is 4.68 Å². The van der Waals surface area contributed by atoms with E-state index in [9.17, 15) is 0 Å². The van der Waals surface area contributed by atoms with Crippen LogP contribution in [0.5, 0.6) is 0 Å². The molecule has 5 heteroatoms. The Labute approximate surface area is 116 Å². The summed E-state index contributed by atoms with van der Waals surface area (Å²) in [4.78, 5) is 4.39. The highest BCUT2D eigenvalue weighted by molar-refractivity contribution is 4.92. The van der Waals surface area contributed by atoms with Crippen LogP contribution in [0, 0.1) is 0 Å². The lowest BCUT2D eigenvalue weighted by Gasteiger charge is -2.26. The van der Waals surface area contributed by atoms with Gasteiger partial charge >= 0.3 is 0 Å². The highest BCUT2D eigenvalue weighted by Gasteiger charge is 2.22. The molecule has 2 unspecified atom stereocenters. The monoisotopic (exact) mass is 268 g/mol. The van der Waals surface area contributed by atoms with Crippen LogP contribution < -0.4 is 5.32 Å². The summed E-state index contributed by atoms with van der Waals surface area (Å²) in [5.41, 5.74) is 0. The van der Waals surface area contributed by atoms with Crippen LogP contribution in [0.15, 0.2) is 6.33 Å². The van der Waals surface area contributed by atoms with Crippen LogP contribution >= 0.6 is 0 Å². The van der Waals surface area contributed by atoms with Gasteiger partial charge in [-0.2, -0.15) is 5.10 Å². The maximum atomic E-state index is 5.63. The predicted molar refractivity (Wildman–Crippen MR) is 77.2 cm³/mol. The highest BCUT2D eigenvalue weighted by Crippen LogP contribution is 2.11. The number of rotatable bonds is 10. The Balaban J connectivity index is 2.73. The lowest BCUT2D eigenvalue weighted by molar-refractivity contribution is 0.0604. The van der Waals surface area contributed by atoms with Crippen molar-refractivity contribution in [2.75, 3.05) is 13.7 Å². The molecule has 0 aliphatic heterocycles. The second-order valence-electron chi connectivity index (χ2n) is 4.83. The minimum Gasteiger partial charge on any atom is -0.380 e. The van der Waals surface area contributed by atoms with E-state index in [-0.39, 0.29) is 6.10 Å². The van der Waals surface area contributed by atoms with Crippen molar-refractivity contribution in [3.8, 4) is 0 Å². The van der Waals surface area contributed by atoms with Gasteiger partial charge in [0.15, 0.2) is 0 Å². The van der Waals surface area contributed by atoms with E-state index in [2.05, 4.69) is 36.2 Å². The third-order valence-electron chi connectivity index (χ3n) is 3.32. The first kappa shape index (κ1) is 16.1. The molecular weight excluding hydrogens is 240 g/mol. The van der Waals surface area contributed by atoms with Gasteiger partial charge in [0.1, 0.15) is 12.2 Å². The maximum Gasteiger partial charge on any atom is 0.138 e. The lowest BCUT2D eigenvalue weighted by atomic mass is 10.0. The SMILES string of the molecule is CCCC(OC)C(Cc1ncnn1CCC)NCC. The topological polar surface area (TPSA) is 52.0 Å². The molecule has 0 aromatic carbocycles. The molecule has 1 rings (SSSR count). The van der Waals surface area contributed by atoms with E-state index in [0.29, 0.717) is 6.04 Å². The maximum absolute atomic E-state index is 5.63. The molecule has 0 radical (unpaired) electrons. The van der Waals surface area contributed by atoms with Gasteiger partial charge in [0.25, 0.3) is 0 Å². The number of hydrogen-bond donors (Lipinski definition) is 1. The van der Waals surface area contributed by atoms with E-state index >= 15 is 0 Å². The van der Waals surface area contributed by atoms with Gasteiger partial charge in [-0.15, -0.1) is 0 Å². The molecule has 5 nitrogen and oxygen atoms in total. The smallest absolute Gasteiger partial charge is 0.138 e. The van der Waals surface area contributed by atoms with Crippen LogP contribution in [0.4, 0.5) is 0 Å². The number of likely N-dealkylation sites (N-methyl/N-ethyl adjacent to an activating group) is 1. The second-order valence-corrected chi connectivity index (χ2v) is 4.83. The van der Waals surface area contributed by atoms with E-state index in [1.54, 1.807) is 13.4 Å². The zero-order chi connectivity index (χ0) is 14.1. The Kier molecular flexibility index (Phi) is 7.67. The number of methoxy groups -OCH3 is 1. The third kappa shape index (κ3) is 4.91. The summed E-state index contributed by atoms with van der Waals surface area (Å²) in [5.74, 6) is 1.05. The lowest BCUT2D eigenvalue weighted by Crippen LogP contribution is -2.43. The molecule has 0 bridgehead atoms. The molecule has 1 aromatic rings. The van der Waals surface area contributed by atoms with Crippen LogP contribution in [0.25, 0.3) is 0 Å². The first-order valence-corrected chi connectivity index (χ1v) is 7.39. The van der Waals surface area contributed by atoms with Crippen molar-refractivity contribution >= 4 is 0 Å². The summed E-state index contributed by atoms with van der Waals surface area (Å²) in [6.45, 7) is 8.34. The third-order valence-corrected chi connectivity index (χ3v) is 3.32. The number of aryl methyl sites for hydroxylation is 1. The highest BCUT2D eigenvalue weighted by atomic mass is 16.5. The Hall–Kier alpha value is -0.940. The number of ether oxygens (including phenoxy) is 1. The van der Waals surface area contributed by atoms with Crippen molar-refractivity contribution in [1.29, 1.82) is 0 Å². The predicted octanol–water partition coefficient (Wildman–Crippen LogP) is 2.02. The van der Waals surface area contributed by atoms with E-state index in [1.165, 1.54) is 0 Å². The molecule has 1 N–H and O–H groups in total. The zero-order valence-corrected chi connectivity index (χ0v) is 12.7. The van der Waals surface area contributed by atoms with Gasteiger partial charge in [0.05, 0.1) is 6.10 Å². The van der Waals surface area contributed by atoms with Gasteiger partial charge in [-0.1, -0.05) is 27.2 Å². The van der Waals surface area contributed by atoms with Gasteiger partial charge in [0, 0.05) is 26.1 Å². The molecule has 2 atom stereocenters. The van der Waals surface area contributed by atoms with Crippen molar-refractivity contribution in [3.63, 3.8) is 0 Å². The fourth-order valence-electron chi connectivity index (χ4n) is 2.41. The molecular formula is C14H28N4O. The first-order valence-electron chi connectivity index (χ1n) is 7.39. The summed E-state index contributed by atoms with van der Waals surface area (Å²) in [6.07, 6.45) is 6.02. The summed E-state index contributed by atoms with van der Waals surface area (Å²) < 4.78 is 7.64. The average Bonchev–Trinajstić information content (AvgIpc) is 2.83. The standard InChI is InChI=1S/C14H28N4O/c1-5-8-13(19-4)12(15-7-3)10-14-16-11-17-18(14)9-6-2/h11-13,15H,5-10H2,1-4H3. The fraction of sp³-hybridized carbons (Fsp3) is 0.857. The van der Waals surface area contributed by atoms with Gasteiger partial charge in [0.2, 0.25) is 0 Å². The molecule has 0 spiro atoms. The van der Waals surface area contributed by atoms with Crippen LogP contribution in [0.2, 0.25) is 0 Å². The Morgan fingerprint density at radius 2 is 2.11 bits per heavy atom.